The summed E-state index contributed by atoms with van der Waals surface area (Å²) in [6.07, 6.45) is 3.57. The molecular formula is C13H22N2O2S. The van der Waals surface area contributed by atoms with Crippen molar-refractivity contribution in [2.75, 3.05) is 5.75 Å². The van der Waals surface area contributed by atoms with Gasteiger partial charge >= 0.3 is 0 Å². The van der Waals surface area contributed by atoms with Gasteiger partial charge in [-0.2, -0.15) is 16.7 Å². The Morgan fingerprint density at radius 3 is 3.00 bits per heavy atom. The molecule has 2 unspecified atom stereocenters. The number of nitrogens with zero attached hydrogens (tertiary/aromatic N) is 2. The molecule has 0 saturated heterocycles. The second kappa shape index (κ2) is 6.57. The maximum atomic E-state index is 9.66. The van der Waals surface area contributed by atoms with Crippen molar-refractivity contribution in [2.24, 2.45) is 5.92 Å². The maximum Gasteiger partial charge on any atom is 0.229 e. The summed E-state index contributed by atoms with van der Waals surface area (Å²) in [5.41, 5.74) is 0. The van der Waals surface area contributed by atoms with Crippen molar-refractivity contribution in [3.8, 4) is 0 Å². The van der Waals surface area contributed by atoms with Crippen LogP contribution in [0, 0.1) is 5.92 Å². The monoisotopic (exact) mass is 270 g/mol. The molecule has 0 spiro atoms. The Morgan fingerprint density at radius 1 is 1.44 bits per heavy atom. The van der Waals surface area contributed by atoms with Gasteiger partial charge in [0.2, 0.25) is 5.89 Å². The lowest BCUT2D eigenvalue weighted by molar-refractivity contribution is 0.111. The lowest BCUT2D eigenvalue weighted by Crippen LogP contribution is -2.18. The molecule has 0 amide bonds. The standard InChI is InChI=1S/C13H22N2O2S/c1-9(2)7-18-8-12-14-13(17-15-12)10-4-3-5-11(16)6-10/h9-11,16H,3-8H2,1-2H3. The lowest BCUT2D eigenvalue weighted by Gasteiger charge is -2.22. The largest absolute Gasteiger partial charge is 0.393 e. The minimum Gasteiger partial charge on any atom is -0.393 e. The van der Waals surface area contributed by atoms with Crippen LogP contribution in [-0.2, 0) is 5.75 Å². The normalized spacial score (nSPS) is 24.7. The molecule has 1 saturated carbocycles. The molecule has 1 aromatic heterocycles. The molecule has 1 heterocycles. The van der Waals surface area contributed by atoms with Gasteiger partial charge in [-0.1, -0.05) is 25.4 Å². The molecule has 2 atom stereocenters. The molecule has 1 aliphatic rings. The third-order valence-electron chi connectivity index (χ3n) is 3.16. The van der Waals surface area contributed by atoms with Gasteiger partial charge in [-0.3, -0.25) is 0 Å². The van der Waals surface area contributed by atoms with Crippen molar-refractivity contribution in [1.29, 1.82) is 0 Å². The van der Waals surface area contributed by atoms with Gasteiger partial charge in [0, 0.05) is 5.92 Å². The van der Waals surface area contributed by atoms with Crippen LogP contribution in [-0.4, -0.2) is 27.1 Å². The van der Waals surface area contributed by atoms with Crippen molar-refractivity contribution in [3.63, 3.8) is 0 Å². The Labute approximate surface area is 113 Å². The van der Waals surface area contributed by atoms with Gasteiger partial charge in [0.25, 0.3) is 0 Å². The second-order valence-electron chi connectivity index (χ2n) is 5.48. The molecule has 1 aromatic rings. The highest BCUT2D eigenvalue weighted by Crippen LogP contribution is 2.32. The highest BCUT2D eigenvalue weighted by molar-refractivity contribution is 7.98. The van der Waals surface area contributed by atoms with E-state index in [1.807, 2.05) is 11.8 Å². The van der Waals surface area contributed by atoms with Crippen LogP contribution in [0.5, 0.6) is 0 Å². The third-order valence-corrected chi connectivity index (χ3v) is 4.53. The van der Waals surface area contributed by atoms with E-state index in [-0.39, 0.29) is 12.0 Å². The zero-order valence-corrected chi connectivity index (χ0v) is 11.9. The fourth-order valence-corrected chi connectivity index (χ4v) is 3.16. The topological polar surface area (TPSA) is 59.2 Å². The summed E-state index contributed by atoms with van der Waals surface area (Å²) < 4.78 is 5.32. The first-order valence-electron chi connectivity index (χ1n) is 6.73. The molecule has 0 aliphatic heterocycles. The first kappa shape index (κ1) is 13.9. The van der Waals surface area contributed by atoms with E-state index in [1.54, 1.807) is 0 Å². The molecule has 1 fully saturated rings. The van der Waals surface area contributed by atoms with Gasteiger partial charge in [-0.05, 0) is 30.9 Å². The minimum absolute atomic E-state index is 0.200. The fraction of sp³-hybridized carbons (Fsp3) is 0.846. The Morgan fingerprint density at radius 2 is 2.28 bits per heavy atom. The molecule has 0 aromatic carbocycles. The molecule has 1 N–H and O–H groups in total. The van der Waals surface area contributed by atoms with Gasteiger partial charge in [-0.25, -0.2) is 0 Å². The predicted octanol–water partition coefficient (Wildman–Crippen LogP) is 2.98. The fourth-order valence-electron chi connectivity index (χ4n) is 2.27. The predicted molar refractivity (Wildman–Crippen MR) is 72.5 cm³/mol. The van der Waals surface area contributed by atoms with Crippen LogP contribution in [0.3, 0.4) is 0 Å². The number of aromatic nitrogens is 2. The van der Waals surface area contributed by atoms with Crippen LogP contribution >= 0.6 is 11.8 Å². The van der Waals surface area contributed by atoms with E-state index in [2.05, 4.69) is 24.0 Å². The average molecular weight is 270 g/mol. The van der Waals surface area contributed by atoms with Crippen LogP contribution in [0.25, 0.3) is 0 Å². The van der Waals surface area contributed by atoms with Gasteiger partial charge in [0.15, 0.2) is 5.82 Å². The molecule has 1 aliphatic carbocycles. The summed E-state index contributed by atoms with van der Waals surface area (Å²) in [6, 6.07) is 0. The molecule has 2 rings (SSSR count). The van der Waals surface area contributed by atoms with Crippen LogP contribution in [0.1, 0.15) is 57.2 Å². The van der Waals surface area contributed by atoms with E-state index in [9.17, 15) is 5.11 Å². The summed E-state index contributed by atoms with van der Waals surface area (Å²) in [5, 5.41) is 13.7. The number of hydrogen-bond donors (Lipinski definition) is 1. The Hall–Kier alpha value is -0.550. The van der Waals surface area contributed by atoms with Crippen LogP contribution in [0.4, 0.5) is 0 Å². The Bertz CT molecular complexity index is 368. The first-order valence-corrected chi connectivity index (χ1v) is 7.89. The Balaban J connectivity index is 1.85. The van der Waals surface area contributed by atoms with Crippen LogP contribution in [0.2, 0.25) is 0 Å². The molecule has 0 radical (unpaired) electrons. The number of rotatable bonds is 5. The molecule has 0 bridgehead atoms. The van der Waals surface area contributed by atoms with Gasteiger partial charge in [-0.15, -0.1) is 0 Å². The summed E-state index contributed by atoms with van der Waals surface area (Å²) in [7, 11) is 0. The van der Waals surface area contributed by atoms with Crippen LogP contribution in [0.15, 0.2) is 4.52 Å². The van der Waals surface area contributed by atoms with Gasteiger partial charge in [0.05, 0.1) is 11.9 Å². The van der Waals surface area contributed by atoms with Crippen LogP contribution < -0.4 is 0 Å². The summed E-state index contributed by atoms with van der Waals surface area (Å²) in [4.78, 5) is 4.46. The van der Waals surface area contributed by atoms with Crippen molar-refractivity contribution in [1.82, 2.24) is 10.1 Å². The van der Waals surface area contributed by atoms with E-state index in [1.165, 1.54) is 0 Å². The molecule has 102 valence electrons. The number of hydrogen-bond acceptors (Lipinski definition) is 5. The lowest BCUT2D eigenvalue weighted by atomic mass is 9.87. The van der Waals surface area contributed by atoms with Crippen molar-refractivity contribution >= 4 is 11.8 Å². The quantitative estimate of drug-likeness (QED) is 0.891. The molecule has 5 heteroatoms. The van der Waals surface area contributed by atoms with Crippen molar-refractivity contribution < 1.29 is 9.63 Å². The van der Waals surface area contributed by atoms with E-state index in [0.717, 1.165) is 43.0 Å². The highest BCUT2D eigenvalue weighted by atomic mass is 32.2. The summed E-state index contributed by atoms with van der Waals surface area (Å²) in [5.74, 6) is 4.38. The van der Waals surface area contributed by atoms with Crippen molar-refractivity contribution in [2.45, 2.75) is 57.3 Å². The van der Waals surface area contributed by atoms with Gasteiger partial charge in [0.1, 0.15) is 0 Å². The maximum absolute atomic E-state index is 9.66. The second-order valence-corrected chi connectivity index (χ2v) is 6.51. The molecule has 18 heavy (non-hydrogen) atoms. The first-order chi connectivity index (χ1) is 8.65. The zero-order valence-electron chi connectivity index (χ0n) is 11.1. The molecule has 4 nitrogen and oxygen atoms in total. The smallest absolute Gasteiger partial charge is 0.229 e. The molecular weight excluding hydrogens is 248 g/mol. The highest BCUT2D eigenvalue weighted by Gasteiger charge is 2.26. The average Bonchev–Trinajstić information content (AvgIpc) is 2.77. The minimum atomic E-state index is -0.200. The summed E-state index contributed by atoms with van der Waals surface area (Å²) in [6.45, 7) is 4.41. The third kappa shape index (κ3) is 3.99. The number of aliphatic hydroxyl groups excluding tert-OH is 1. The van der Waals surface area contributed by atoms with E-state index >= 15 is 0 Å². The van der Waals surface area contributed by atoms with E-state index < -0.39 is 0 Å². The SMILES string of the molecule is CC(C)CSCc1noc(C2CCCC(O)C2)n1. The van der Waals surface area contributed by atoms with E-state index in [0.29, 0.717) is 11.8 Å². The van der Waals surface area contributed by atoms with E-state index in [4.69, 9.17) is 4.52 Å². The number of thioether (sulfide) groups is 1. The summed E-state index contributed by atoms with van der Waals surface area (Å²) >= 11 is 1.84. The van der Waals surface area contributed by atoms with Crippen molar-refractivity contribution in [3.05, 3.63) is 11.7 Å². The number of aliphatic hydroxyl groups is 1. The van der Waals surface area contributed by atoms with Gasteiger partial charge < -0.3 is 9.63 Å². The zero-order chi connectivity index (χ0) is 13.0. The Kier molecular flexibility index (Phi) is 5.06.